The van der Waals surface area contributed by atoms with Crippen LogP contribution < -0.4 is 9.46 Å². The first kappa shape index (κ1) is 18.2. The van der Waals surface area contributed by atoms with Crippen LogP contribution in [0, 0.1) is 18.6 Å². The number of sulfonamides is 1. The largest absolute Gasteiger partial charge is 0.454 e. The standard InChI is InChI=1S/C15H12ClF2NO4S/c1-8-3-4-9(5-11(8)16)23-14-7-12(17)10(6-13(14)18)15(20)19-24(2,21)22/h3-7H,1-2H3,(H,19,20). The third-order valence-electron chi connectivity index (χ3n) is 2.92. The van der Waals surface area contributed by atoms with Crippen molar-refractivity contribution < 1.29 is 26.7 Å². The molecule has 24 heavy (non-hydrogen) atoms. The number of carbonyl (C=O) groups is 1. The molecule has 0 saturated heterocycles. The fraction of sp³-hybridized carbons (Fsp3) is 0.133. The van der Waals surface area contributed by atoms with Gasteiger partial charge in [-0.15, -0.1) is 0 Å². The van der Waals surface area contributed by atoms with Crippen LogP contribution >= 0.6 is 11.6 Å². The van der Waals surface area contributed by atoms with Gasteiger partial charge in [0, 0.05) is 11.1 Å². The van der Waals surface area contributed by atoms with E-state index in [-0.39, 0.29) is 5.75 Å². The molecule has 0 atom stereocenters. The molecule has 0 unspecified atom stereocenters. The van der Waals surface area contributed by atoms with Gasteiger partial charge < -0.3 is 4.74 Å². The molecule has 0 aliphatic rings. The molecule has 5 nitrogen and oxygen atoms in total. The van der Waals surface area contributed by atoms with Gasteiger partial charge in [0.25, 0.3) is 5.91 Å². The Bertz CT molecular complexity index is 916. The van der Waals surface area contributed by atoms with E-state index in [2.05, 4.69) is 0 Å². The van der Waals surface area contributed by atoms with Crippen LogP contribution in [0.1, 0.15) is 15.9 Å². The van der Waals surface area contributed by atoms with E-state index in [9.17, 15) is 22.0 Å². The van der Waals surface area contributed by atoms with Crippen LogP contribution in [0.2, 0.25) is 5.02 Å². The van der Waals surface area contributed by atoms with Gasteiger partial charge in [0.15, 0.2) is 11.6 Å². The lowest BCUT2D eigenvalue weighted by atomic mass is 10.2. The number of carbonyl (C=O) groups excluding carboxylic acids is 1. The zero-order valence-electron chi connectivity index (χ0n) is 12.6. The highest BCUT2D eigenvalue weighted by Crippen LogP contribution is 2.29. The zero-order valence-corrected chi connectivity index (χ0v) is 14.1. The fourth-order valence-corrected chi connectivity index (χ4v) is 2.39. The minimum Gasteiger partial charge on any atom is -0.454 e. The van der Waals surface area contributed by atoms with Crippen molar-refractivity contribution >= 4 is 27.5 Å². The summed E-state index contributed by atoms with van der Waals surface area (Å²) in [5.41, 5.74) is 0.0238. The number of hydrogen-bond donors (Lipinski definition) is 1. The average molecular weight is 376 g/mol. The quantitative estimate of drug-likeness (QED) is 0.888. The first-order chi connectivity index (χ1) is 11.1. The maximum absolute atomic E-state index is 14.0. The summed E-state index contributed by atoms with van der Waals surface area (Å²) in [6.07, 6.45) is 0.720. The van der Waals surface area contributed by atoms with Gasteiger partial charge in [-0.1, -0.05) is 17.7 Å². The molecule has 2 aromatic carbocycles. The lowest BCUT2D eigenvalue weighted by Gasteiger charge is -2.10. The van der Waals surface area contributed by atoms with Crippen LogP contribution in [0.15, 0.2) is 30.3 Å². The van der Waals surface area contributed by atoms with Crippen molar-refractivity contribution in [3.63, 3.8) is 0 Å². The van der Waals surface area contributed by atoms with Crippen molar-refractivity contribution in [1.82, 2.24) is 4.72 Å². The molecule has 0 saturated carbocycles. The fourth-order valence-electron chi connectivity index (χ4n) is 1.77. The molecule has 0 bridgehead atoms. The smallest absolute Gasteiger partial charge is 0.267 e. The topological polar surface area (TPSA) is 72.5 Å². The number of nitrogens with one attached hydrogen (secondary N) is 1. The van der Waals surface area contributed by atoms with Crippen molar-refractivity contribution in [2.24, 2.45) is 0 Å². The lowest BCUT2D eigenvalue weighted by Crippen LogP contribution is -2.30. The summed E-state index contributed by atoms with van der Waals surface area (Å²) in [5, 5.41) is 0.387. The van der Waals surface area contributed by atoms with Gasteiger partial charge >= 0.3 is 0 Å². The molecular weight excluding hydrogens is 364 g/mol. The molecule has 1 N–H and O–H groups in total. The molecule has 0 aliphatic carbocycles. The van der Waals surface area contributed by atoms with Crippen LogP contribution in [-0.2, 0) is 10.0 Å². The SMILES string of the molecule is Cc1ccc(Oc2cc(F)c(C(=O)NS(C)(=O)=O)cc2F)cc1Cl. The maximum Gasteiger partial charge on any atom is 0.267 e. The highest BCUT2D eigenvalue weighted by atomic mass is 35.5. The van der Waals surface area contributed by atoms with E-state index in [1.165, 1.54) is 12.1 Å². The molecule has 1 amide bonds. The van der Waals surface area contributed by atoms with Crippen LogP contribution in [0.25, 0.3) is 0 Å². The summed E-state index contributed by atoms with van der Waals surface area (Å²) in [6.45, 7) is 1.77. The third kappa shape index (κ3) is 4.42. The normalized spacial score (nSPS) is 11.2. The molecule has 0 spiro atoms. The van der Waals surface area contributed by atoms with E-state index in [0.717, 1.165) is 11.8 Å². The van der Waals surface area contributed by atoms with Gasteiger partial charge in [0.2, 0.25) is 10.0 Å². The lowest BCUT2D eigenvalue weighted by molar-refractivity contribution is 0.0977. The Morgan fingerprint density at radius 3 is 2.42 bits per heavy atom. The molecule has 9 heteroatoms. The first-order valence-electron chi connectivity index (χ1n) is 6.52. The summed E-state index contributed by atoms with van der Waals surface area (Å²) in [4.78, 5) is 11.6. The second-order valence-corrected chi connectivity index (χ2v) is 7.13. The Labute approximate surface area is 142 Å². The number of aryl methyl sites for hydroxylation is 1. The minimum absolute atomic E-state index is 0.178. The predicted octanol–water partition coefficient (Wildman–Crippen LogP) is 3.41. The molecule has 2 aromatic rings. The molecule has 0 aromatic heterocycles. The Morgan fingerprint density at radius 1 is 1.17 bits per heavy atom. The predicted molar refractivity (Wildman–Crippen MR) is 84.9 cm³/mol. The van der Waals surface area contributed by atoms with Crippen molar-refractivity contribution in [2.75, 3.05) is 6.26 Å². The Kier molecular flexibility index (Phi) is 5.10. The van der Waals surface area contributed by atoms with Gasteiger partial charge in [0.1, 0.15) is 11.6 Å². The number of hydrogen-bond acceptors (Lipinski definition) is 4. The first-order valence-corrected chi connectivity index (χ1v) is 8.79. The molecule has 0 radical (unpaired) electrons. The summed E-state index contributed by atoms with van der Waals surface area (Å²) in [5.74, 6) is -3.74. The van der Waals surface area contributed by atoms with Gasteiger partial charge in [-0.3, -0.25) is 4.79 Å². The zero-order chi connectivity index (χ0) is 18.1. The van der Waals surface area contributed by atoms with E-state index in [1.54, 1.807) is 17.7 Å². The third-order valence-corrected chi connectivity index (χ3v) is 3.88. The second-order valence-electron chi connectivity index (χ2n) is 4.98. The molecule has 0 aliphatic heterocycles. The summed E-state index contributed by atoms with van der Waals surface area (Å²) in [7, 11) is -3.90. The monoisotopic (exact) mass is 375 g/mol. The molecular formula is C15H12ClF2NO4S. The van der Waals surface area contributed by atoms with E-state index in [1.807, 2.05) is 0 Å². The molecule has 0 heterocycles. The summed E-state index contributed by atoms with van der Waals surface area (Å²) in [6, 6.07) is 5.79. The van der Waals surface area contributed by atoms with E-state index in [0.29, 0.717) is 17.2 Å². The van der Waals surface area contributed by atoms with E-state index >= 15 is 0 Å². The van der Waals surface area contributed by atoms with Crippen molar-refractivity contribution in [1.29, 1.82) is 0 Å². The minimum atomic E-state index is -3.90. The van der Waals surface area contributed by atoms with E-state index in [4.69, 9.17) is 16.3 Å². The van der Waals surface area contributed by atoms with Crippen molar-refractivity contribution in [3.8, 4) is 11.5 Å². The Morgan fingerprint density at radius 2 is 1.83 bits per heavy atom. The van der Waals surface area contributed by atoms with Crippen molar-refractivity contribution in [3.05, 3.63) is 58.1 Å². The highest BCUT2D eigenvalue weighted by molar-refractivity contribution is 7.89. The van der Waals surface area contributed by atoms with Crippen LogP contribution in [0.3, 0.4) is 0 Å². The Hall–Kier alpha value is -2.19. The maximum atomic E-state index is 14.0. The Balaban J connectivity index is 2.32. The van der Waals surface area contributed by atoms with Crippen LogP contribution in [0.5, 0.6) is 11.5 Å². The summed E-state index contributed by atoms with van der Waals surface area (Å²) < 4.78 is 56.8. The molecule has 2 rings (SSSR count). The average Bonchev–Trinajstić information content (AvgIpc) is 2.44. The van der Waals surface area contributed by atoms with Gasteiger partial charge in [-0.2, -0.15) is 0 Å². The highest BCUT2D eigenvalue weighted by Gasteiger charge is 2.19. The molecule has 128 valence electrons. The number of rotatable bonds is 4. The van der Waals surface area contributed by atoms with Gasteiger partial charge in [-0.05, 0) is 30.7 Å². The summed E-state index contributed by atoms with van der Waals surface area (Å²) >= 11 is 5.92. The molecule has 0 fully saturated rings. The van der Waals surface area contributed by atoms with E-state index < -0.39 is 38.9 Å². The van der Waals surface area contributed by atoms with Gasteiger partial charge in [0.05, 0.1) is 11.8 Å². The van der Waals surface area contributed by atoms with Crippen LogP contribution in [-0.4, -0.2) is 20.6 Å². The number of ether oxygens (including phenoxy) is 1. The second kappa shape index (κ2) is 6.74. The number of benzene rings is 2. The van der Waals surface area contributed by atoms with Crippen molar-refractivity contribution in [2.45, 2.75) is 6.92 Å². The number of halogens is 3. The van der Waals surface area contributed by atoms with Gasteiger partial charge in [-0.25, -0.2) is 21.9 Å². The van der Waals surface area contributed by atoms with Crippen LogP contribution in [0.4, 0.5) is 8.78 Å². The number of amides is 1.